The summed E-state index contributed by atoms with van der Waals surface area (Å²) in [6.45, 7) is 3.62. The maximum Gasteiger partial charge on any atom is 0.229 e. The molecule has 2 aromatic heterocycles. The molecule has 4 rings (SSSR count). The van der Waals surface area contributed by atoms with Crippen molar-refractivity contribution in [2.24, 2.45) is 0 Å². The van der Waals surface area contributed by atoms with Gasteiger partial charge in [0.05, 0.1) is 7.11 Å². The first-order valence-electron chi connectivity index (χ1n) is 11.5. The smallest absolute Gasteiger partial charge is 0.229 e. The minimum Gasteiger partial charge on any atom is -0.481 e. The van der Waals surface area contributed by atoms with Crippen molar-refractivity contribution in [3.8, 4) is 5.88 Å². The number of hydrogen-bond acceptors (Lipinski definition) is 8. The van der Waals surface area contributed by atoms with Crippen molar-refractivity contribution in [1.29, 1.82) is 0 Å². The largest absolute Gasteiger partial charge is 0.481 e. The number of rotatable bonds is 7. The normalized spacial score (nSPS) is 21.6. The molecule has 0 unspecified atom stereocenters. The number of aromatic nitrogens is 3. The minimum absolute atomic E-state index is 0.0499. The van der Waals surface area contributed by atoms with E-state index in [9.17, 15) is 4.79 Å². The van der Waals surface area contributed by atoms with Crippen LogP contribution in [0.3, 0.4) is 0 Å². The number of nitrogens with one attached hydrogen (secondary N) is 4. The zero-order valence-electron chi connectivity index (χ0n) is 18.9. The second kappa shape index (κ2) is 10.6. The third-order valence-corrected chi connectivity index (χ3v) is 6.27. The Hall–Kier alpha value is -2.94. The minimum atomic E-state index is 0.0499. The average Bonchev–Trinajstić information content (AvgIpc) is 2.81. The molecule has 0 aromatic carbocycles. The second-order valence-corrected chi connectivity index (χ2v) is 8.63. The van der Waals surface area contributed by atoms with Gasteiger partial charge in [-0.3, -0.25) is 4.79 Å². The molecule has 2 fully saturated rings. The highest BCUT2D eigenvalue weighted by Gasteiger charge is 2.25. The van der Waals surface area contributed by atoms with Gasteiger partial charge >= 0.3 is 0 Å². The van der Waals surface area contributed by atoms with Crippen molar-refractivity contribution in [2.75, 3.05) is 30.8 Å². The molecule has 1 saturated carbocycles. The molecule has 9 heteroatoms. The predicted molar refractivity (Wildman–Crippen MR) is 124 cm³/mol. The standard InChI is InChI=1S/C23H33N7O2/c1-15(31)27-17-3-5-18(6-4-17)28-22-20(16-7-10-24-11-8-16)14-26-23(30-22)29-19-9-12-25-21(13-19)32-2/h9,12-14,16-18,24H,3-8,10-11H2,1-2H3,(H,27,31)(H2,25,26,28,29,30). The van der Waals surface area contributed by atoms with Crippen LogP contribution in [0.1, 0.15) is 56.9 Å². The molecule has 0 bridgehead atoms. The molecule has 4 N–H and O–H groups in total. The number of carbonyl (C=O) groups excluding carboxylic acids is 1. The van der Waals surface area contributed by atoms with Gasteiger partial charge in [-0.1, -0.05) is 0 Å². The topological polar surface area (TPSA) is 113 Å². The lowest BCUT2D eigenvalue weighted by molar-refractivity contribution is -0.119. The molecule has 1 saturated heterocycles. The van der Waals surface area contributed by atoms with Crippen LogP contribution >= 0.6 is 0 Å². The van der Waals surface area contributed by atoms with Crippen LogP contribution in [0, 0.1) is 0 Å². The SMILES string of the molecule is COc1cc(Nc2ncc(C3CCNCC3)c(NC3CCC(NC(C)=O)CC3)n2)ccn1. The van der Waals surface area contributed by atoms with Crippen molar-refractivity contribution in [3.63, 3.8) is 0 Å². The second-order valence-electron chi connectivity index (χ2n) is 8.63. The van der Waals surface area contributed by atoms with Crippen molar-refractivity contribution < 1.29 is 9.53 Å². The lowest BCUT2D eigenvalue weighted by Crippen LogP contribution is -2.39. The van der Waals surface area contributed by atoms with E-state index in [0.29, 0.717) is 23.8 Å². The molecule has 1 aliphatic heterocycles. The number of anilines is 3. The Bertz CT molecular complexity index is 909. The predicted octanol–water partition coefficient (Wildman–Crippen LogP) is 2.95. The quantitative estimate of drug-likeness (QED) is 0.521. The Morgan fingerprint density at radius 1 is 1.09 bits per heavy atom. The lowest BCUT2D eigenvalue weighted by atomic mass is 9.89. The van der Waals surface area contributed by atoms with Gasteiger partial charge in [-0.05, 0) is 63.6 Å². The molecule has 32 heavy (non-hydrogen) atoms. The molecule has 1 aliphatic carbocycles. The van der Waals surface area contributed by atoms with E-state index in [0.717, 1.165) is 63.1 Å². The molecule has 3 heterocycles. The Labute approximate surface area is 189 Å². The van der Waals surface area contributed by atoms with E-state index >= 15 is 0 Å². The lowest BCUT2D eigenvalue weighted by Gasteiger charge is -2.31. The van der Waals surface area contributed by atoms with Gasteiger partial charge in [0, 0.05) is 48.7 Å². The van der Waals surface area contributed by atoms with Crippen LogP contribution in [-0.4, -0.2) is 53.1 Å². The molecule has 172 valence electrons. The van der Waals surface area contributed by atoms with Crippen LogP contribution in [-0.2, 0) is 4.79 Å². The third-order valence-electron chi connectivity index (χ3n) is 6.27. The summed E-state index contributed by atoms with van der Waals surface area (Å²) in [6.07, 6.45) is 9.80. The van der Waals surface area contributed by atoms with Gasteiger partial charge in [-0.2, -0.15) is 4.98 Å². The summed E-state index contributed by atoms with van der Waals surface area (Å²) < 4.78 is 5.21. The fraction of sp³-hybridized carbons (Fsp3) is 0.565. The van der Waals surface area contributed by atoms with Crippen LogP contribution in [0.5, 0.6) is 5.88 Å². The first kappa shape index (κ1) is 22.3. The van der Waals surface area contributed by atoms with Gasteiger partial charge in [0.1, 0.15) is 5.82 Å². The monoisotopic (exact) mass is 439 g/mol. The van der Waals surface area contributed by atoms with Crippen LogP contribution < -0.4 is 26.0 Å². The van der Waals surface area contributed by atoms with Crippen LogP contribution in [0.15, 0.2) is 24.5 Å². The van der Waals surface area contributed by atoms with Crippen molar-refractivity contribution in [2.45, 2.75) is 63.5 Å². The van der Waals surface area contributed by atoms with Gasteiger partial charge < -0.3 is 26.0 Å². The van der Waals surface area contributed by atoms with Gasteiger partial charge in [0.25, 0.3) is 0 Å². The van der Waals surface area contributed by atoms with Gasteiger partial charge in [0.2, 0.25) is 17.7 Å². The first-order chi connectivity index (χ1) is 15.6. The summed E-state index contributed by atoms with van der Waals surface area (Å²) >= 11 is 0. The van der Waals surface area contributed by atoms with Crippen molar-refractivity contribution in [1.82, 2.24) is 25.6 Å². The fourth-order valence-corrected chi connectivity index (χ4v) is 4.59. The van der Waals surface area contributed by atoms with E-state index in [4.69, 9.17) is 9.72 Å². The Balaban J connectivity index is 1.50. The Morgan fingerprint density at radius 2 is 1.84 bits per heavy atom. The summed E-state index contributed by atoms with van der Waals surface area (Å²) in [5.74, 6) is 2.50. The van der Waals surface area contributed by atoms with E-state index in [1.165, 1.54) is 5.56 Å². The van der Waals surface area contributed by atoms with E-state index < -0.39 is 0 Å². The summed E-state index contributed by atoms with van der Waals surface area (Å²) in [5, 5.41) is 13.5. The Morgan fingerprint density at radius 3 is 2.56 bits per heavy atom. The molecule has 0 atom stereocenters. The summed E-state index contributed by atoms with van der Waals surface area (Å²) in [6, 6.07) is 4.30. The zero-order valence-corrected chi connectivity index (χ0v) is 18.9. The van der Waals surface area contributed by atoms with Gasteiger partial charge in [-0.25, -0.2) is 9.97 Å². The van der Waals surface area contributed by atoms with E-state index in [1.54, 1.807) is 20.2 Å². The summed E-state index contributed by atoms with van der Waals surface area (Å²) in [5.41, 5.74) is 2.02. The number of nitrogens with zero attached hydrogens (tertiary/aromatic N) is 3. The molecule has 2 aliphatic rings. The molecule has 0 radical (unpaired) electrons. The molecule has 0 spiro atoms. The zero-order chi connectivity index (χ0) is 22.3. The fourth-order valence-electron chi connectivity index (χ4n) is 4.59. The molecular formula is C23H33N7O2. The third kappa shape index (κ3) is 5.85. The number of carbonyl (C=O) groups is 1. The average molecular weight is 440 g/mol. The molecule has 2 aromatic rings. The maximum absolute atomic E-state index is 11.4. The van der Waals surface area contributed by atoms with Crippen molar-refractivity contribution in [3.05, 3.63) is 30.1 Å². The number of hydrogen-bond donors (Lipinski definition) is 4. The highest BCUT2D eigenvalue weighted by Crippen LogP contribution is 2.32. The highest BCUT2D eigenvalue weighted by molar-refractivity contribution is 5.73. The highest BCUT2D eigenvalue weighted by atomic mass is 16.5. The van der Waals surface area contributed by atoms with Crippen molar-refractivity contribution >= 4 is 23.4 Å². The summed E-state index contributed by atoms with van der Waals surface area (Å²) in [4.78, 5) is 25.0. The number of amides is 1. The molecule has 9 nitrogen and oxygen atoms in total. The van der Waals surface area contributed by atoms with Crippen LogP contribution in [0.2, 0.25) is 0 Å². The van der Waals surface area contributed by atoms with Gasteiger partial charge in [-0.15, -0.1) is 0 Å². The molecular weight excluding hydrogens is 406 g/mol. The van der Waals surface area contributed by atoms with E-state index in [2.05, 4.69) is 31.2 Å². The van der Waals surface area contributed by atoms with E-state index in [1.807, 2.05) is 18.3 Å². The summed E-state index contributed by atoms with van der Waals surface area (Å²) in [7, 11) is 1.60. The van der Waals surface area contributed by atoms with E-state index in [-0.39, 0.29) is 11.9 Å². The van der Waals surface area contributed by atoms with Gasteiger partial charge in [0.15, 0.2) is 0 Å². The Kier molecular flexibility index (Phi) is 7.36. The number of piperidine rings is 1. The number of methoxy groups -OCH3 is 1. The first-order valence-corrected chi connectivity index (χ1v) is 11.5. The maximum atomic E-state index is 11.4. The van der Waals surface area contributed by atoms with Crippen LogP contribution in [0.25, 0.3) is 0 Å². The van der Waals surface area contributed by atoms with Crippen LogP contribution in [0.4, 0.5) is 17.5 Å². The number of ether oxygens (including phenoxy) is 1. The molecule has 1 amide bonds. The number of pyridine rings is 1.